The van der Waals surface area contributed by atoms with E-state index >= 15 is 0 Å². The van der Waals surface area contributed by atoms with Crippen LogP contribution in [0.15, 0.2) is 89.5 Å². The number of carbonyl (C=O) groups is 1. The van der Waals surface area contributed by atoms with Crippen LogP contribution in [0, 0.1) is 6.92 Å². The summed E-state index contributed by atoms with van der Waals surface area (Å²) in [5, 5.41) is 4.11. The van der Waals surface area contributed by atoms with Gasteiger partial charge in [-0.25, -0.2) is 0 Å². The molecule has 0 bridgehead atoms. The fourth-order valence-corrected chi connectivity index (χ4v) is 4.78. The minimum atomic E-state index is 0.135. The van der Waals surface area contributed by atoms with Crippen LogP contribution in [0.3, 0.4) is 0 Å². The van der Waals surface area contributed by atoms with E-state index in [1.807, 2.05) is 36.1 Å². The van der Waals surface area contributed by atoms with Crippen molar-refractivity contribution < 1.29 is 9.32 Å². The van der Waals surface area contributed by atoms with Gasteiger partial charge in [0, 0.05) is 44.6 Å². The van der Waals surface area contributed by atoms with Gasteiger partial charge in [0.1, 0.15) is 0 Å². The summed E-state index contributed by atoms with van der Waals surface area (Å²) in [6.45, 7) is 5.12. The summed E-state index contributed by atoms with van der Waals surface area (Å²) in [4.78, 5) is 21.9. The maximum Gasteiger partial charge on any atom is 0.227 e. The van der Waals surface area contributed by atoms with E-state index in [4.69, 9.17) is 4.52 Å². The van der Waals surface area contributed by atoms with Gasteiger partial charge >= 0.3 is 0 Å². The number of rotatable bonds is 7. The highest BCUT2D eigenvalue weighted by Crippen LogP contribution is 2.29. The fraction of sp³-hybridized carbons (Fsp3) is 0.276. The molecule has 0 radical (unpaired) electrons. The van der Waals surface area contributed by atoms with E-state index in [1.54, 1.807) is 0 Å². The Morgan fingerprint density at radius 1 is 0.857 bits per heavy atom. The molecule has 1 saturated heterocycles. The van der Waals surface area contributed by atoms with Crippen LogP contribution in [0.25, 0.3) is 11.4 Å². The number of piperazine rings is 1. The number of carbonyl (C=O) groups excluding carboxylic acids is 1. The SMILES string of the molecule is Cc1ccccc1-c1noc(CCC(=O)N2CCN(C(c3ccccc3)c3ccccc3)CC2)n1. The third kappa shape index (κ3) is 5.33. The summed E-state index contributed by atoms with van der Waals surface area (Å²) in [5.41, 5.74) is 4.60. The number of aromatic nitrogens is 2. The third-order valence-corrected chi connectivity index (χ3v) is 6.67. The predicted octanol–water partition coefficient (Wildman–Crippen LogP) is 4.91. The predicted molar refractivity (Wildman–Crippen MR) is 136 cm³/mol. The second kappa shape index (κ2) is 10.7. The maximum absolute atomic E-state index is 12.9. The van der Waals surface area contributed by atoms with Crippen LogP contribution in [-0.4, -0.2) is 52.0 Å². The second-order valence-corrected chi connectivity index (χ2v) is 8.97. The van der Waals surface area contributed by atoms with Gasteiger partial charge in [-0.05, 0) is 23.6 Å². The van der Waals surface area contributed by atoms with E-state index in [0.717, 1.165) is 24.2 Å². The molecular formula is C29H30N4O2. The standard InChI is InChI=1S/C29H30N4O2/c1-22-10-8-9-15-25(22)29-30-26(35-31-29)16-17-27(34)32-18-20-33(21-19-32)28(23-11-4-2-5-12-23)24-13-6-3-7-14-24/h2-15,28H,16-21H2,1H3. The van der Waals surface area contributed by atoms with E-state index < -0.39 is 0 Å². The van der Waals surface area contributed by atoms with Crippen molar-refractivity contribution in [2.75, 3.05) is 26.2 Å². The molecule has 0 atom stereocenters. The molecular weight excluding hydrogens is 436 g/mol. The topological polar surface area (TPSA) is 62.5 Å². The number of benzene rings is 3. The Hall–Kier alpha value is -3.77. The van der Waals surface area contributed by atoms with Crippen LogP contribution < -0.4 is 0 Å². The summed E-state index contributed by atoms with van der Waals surface area (Å²) >= 11 is 0. The Labute approximate surface area is 206 Å². The van der Waals surface area contributed by atoms with Gasteiger partial charge in [0.15, 0.2) is 0 Å². The molecule has 5 rings (SSSR count). The third-order valence-electron chi connectivity index (χ3n) is 6.67. The zero-order valence-electron chi connectivity index (χ0n) is 20.0. The van der Waals surface area contributed by atoms with Crippen molar-refractivity contribution in [3.05, 3.63) is 108 Å². The Morgan fingerprint density at radius 2 is 1.46 bits per heavy atom. The molecule has 1 aromatic heterocycles. The van der Waals surface area contributed by atoms with E-state index in [-0.39, 0.29) is 11.9 Å². The van der Waals surface area contributed by atoms with Crippen LogP contribution >= 0.6 is 0 Å². The van der Waals surface area contributed by atoms with E-state index in [1.165, 1.54) is 11.1 Å². The van der Waals surface area contributed by atoms with Gasteiger partial charge in [0.25, 0.3) is 0 Å². The quantitative estimate of drug-likeness (QED) is 0.387. The van der Waals surface area contributed by atoms with Crippen LogP contribution in [-0.2, 0) is 11.2 Å². The minimum absolute atomic E-state index is 0.135. The van der Waals surface area contributed by atoms with Crippen molar-refractivity contribution in [2.24, 2.45) is 0 Å². The number of hydrogen-bond donors (Lipinski definition) is 0. The molecule has 0 saturated carbocycles. The number of amides is 1. The number of aryl methyl sites for hydroxylation is 2. The molecule has 3 aromatic carbocycles. The lowest BCUT2D eigenvalue weighted by Crippen LogP contribution is -2.49. The largest absolute Gasteiger partial charge is 0.340 e. The highest BCUT2D eigenvalue weighted by molar-refractivity contribution is 5.76. The smallest absolute Gasteiger partial charge is 0.227 e. The first-order valence-corrected chi connectivity index (χ1v) is 12.2. The summed E-state index contributed by atoms with van der Waals surface area (Å²) in [7, 11) is 0. The van der Waals surface area contributed by atoms with Crippen molar-refractivity contribution in [3.8, 4) is 11.4 Å². The molecule has 6 nitrogen and oxygen atoms in total. The zero-order valence-corrected chi connectivity index (χ0v) is 20.0. The fourth-order valence-electron chi connectivity index (χ4n) is 4.78. The molecule has 1 amide bonds. The van der Waals surface area contributed by atoms with Crippen molar-refractivity contribution in [1.29, 1.82) is 0 Å². The Bertz CT molecular complexity index is 1210. The molecule has 35 heavy (non-hydrogen) atoms. The van der Waals surface area contributed by atoms with Gasteiger partial charge in [0.05, 0.1) is 6.04 Å². The number of nitrogens with zero attached hydrogens (tertiary/aromatic N) is 4. The first kappa shape index (κ1) is 23.0. The molecule has 0 unspecified atom stereocenters. The van der Waals surface area contributed by atoms with Crippen LogP contribution in [0.5, 0.6) is 0 Å². The van der Waals surface area contributed by atoms with E-state index in [2.05, 4.69) is 75.7 Å². The average Bonchev–Trinajstić information content (AvgIpc) is 3.38. The Balaban J connectivity index is 1.19. The molecule has 0 N–H and O–H groups in total. The van der Waals surface area contributed by atoms with Gasteiger partial charge < -0.3 is 9.42 Å². The molecule has 6 heteroatoms. The summed E-state index contributed by atoms with van der Waals surface area (Å²) in [5.74, 6) is 1.21. The Kier molecular flexibility index (Phi) is 7.00. The first-order valence-electron chi connectivity index (χ1n) is 12.2. The van der Waals surface area contributed by atoms with Crippen molar-refractivity contribution in [3.63, 3.8) is 0 Å². The van der Waals surface area contributed by atoms with E-state index in [0.29, 0.717) is 37.6 Å². The van der Waals surface area contributed by atoms with Crippen LogP contribution in [0.2, 0.25) is 0 Å². The molecule has 4 aromatic rings. The highest BCUT2D eigenvalue weighted by Gasteiger charge is 2.28. The summed E-state index contributed by atoms with van der Waals surface area (Å²) < 4.78 is 5.42. The van der Waals surface area contributed by atoms with Gasteiger partial charge in [-0.2, -0.15) is 4.98 Å². The highest BCUT2D eigenvalue weighted by atomic mass is 16.5. The lowest BCUT2D eigenvalue weighted by Gasteiger charge is -2.39. The molecule has 1 fully saturated rings. The number of hydrogen-bond acceptors (Lipinski definition) is 5. The monoisotopic (exact) mass is 466 g/mol. The molecule has 1 aliphatic heterocycles. The molecule has 0 spiro atoms. The average molecular weight is 467 g/mol. The summed E-state index contributed by atoms with van der Waals surface area (Å²) in [6, 6.07) is 29.3. The van der Waals surface area contributed by atoms with Gasteiger partial charge in [-0.1, -0.05) is 90.1 Å². The van der Waals surface area contributed by atoms with Gasteiger partial charge in [-0.3, -0.25) is 9.69 Å². The van der Waals surface area contributed by atoms with Gasteiger partial charge in [0.2, 0.25) is 17.6 Å². The van der Waals surface area contributed by atoms with Crippen molar-refractivity contribution >= 4 is 5.91 Å². The lowest BCUT2D eigenvalue weighted by atomic mass is 9.96. The minimum Gasteiger partial charge on any atom is -0.340 e. The van der Waals surface area contributed by atoms with E-state index in [9.17, 15) is 4.79 Å². The molecule has 178 valence electrons. The van der Waals surface area contributed by atoms with Crippen molar-refractivity contribution in [1.82, 2.24) is 19.9 Å². The molecule has 1 aliphatic rings. The normalized spacial score (nSPS) is 14.4. The Morgan fingerprint density at radius 3 is 2.09 bits per heavy atom. The molecule has 0 aliphatic carbocycles. The van der Waals surface area contributed by atoms with Crippen molar-refractivity contribution in [2.45, 2.75) is 25.8 Å². The first-order chi connectivity index (χ1) is 17.2. The second-order valence-electron chi connectivity index (χ2n) is 8.97. The maximum atomic E-state index is 12.9. The summed E-state index contributed by atoms with van der Waals surface area (Å²) in [6.07, 6.45) is 0.824. The zero-order chi connectivity index (χ0) is 24.0. The van der Waals surface area contributed by atoms with Gasteiger partial charge in [-0.15, -0.1) is 0 Å². The van der Waals surface area contributed by atoms with Crippen LogP contribution in [0.1, 0.15) is 35.0 Å². The molecule has 2 heterocycles. The lowest BCUT2D eigenvalue weighted by molar-refractivity contribution is -0.133. The van der Waals surface area contributed by atoms with Crippen LogP contribution in [0.4, 0.5) is 0 Å².